The van der Waals surface area contributed by atoms with Crippen LogP contribution in [0.25, 0.3) is 0 Å². The van der Waals surface area contributed by atoms with Gasteiger partial charge in [-0.3, -0.25) is 4.79 Å². The van der Waals surface area contributed by atoms with Gasteiger partial charge in [0.1, 0.15) is 11.5 Å². The zero-order valence-electron chi connectivity index (χ0n) is 18.2. The fourth-order valence-electron chi connectivity index (χ4n) is 3.23. The van der Waals surface area contributed by atoms with Crippen molar-refractivity contribution in [2.45, 2.75) is 23.9 Å². The van der Waals surface area contributed by atoms with Gasteiger partial charge in [0.15, 0.2) is 0 Å². The van der Waals surface area contributed by atoms with E-state index in [0.717, 1.165) is 5.56 Å². The van der Waals surface area contributed by atoms with Crippen LogP contribution in [0.3, 0.4) is 0 Å². The molecule has 33 heavy (non-hydrogen) atoms. The van der Waals surface area contributed by atoms with Gasteiger partial charge in [-0.1, -0.05) is 41.9 Å². The van der Waals surface area contributed by atoms with Gasteiger partial charge in [0.2, 0.25) is 15.9 Å². The maximum Gasteiger partial charge on any atom is 0.241 e. The van der Waals surface area contributed by atoms with Gasteiger partial charge in [0.05, 0.1) is 25.2 Å². The third kappa shape index (κ3) is 6.71. The van der Waals surface area contributed by atoms with Crippen LogP contribution >= 0.6 is 11.6 Å². The van der Waals surface area contributed by atoms with Crippen LogP contribution in [0.1, 0.15) is 23.6 Å². The van der Waals surface area contributed by atoms with Crippen molar-refractivity contribution in [3.05, 3.63) is 88.9 Å². The summed E-state index contributed by atoms with van der Waals surface area (Å²) in [5.41, 5.74) is 1.44. The molecule has 0 bridgehead atoms. The number of hydrogen-bond donors (Lipinski definition) is 2. The van der Waals surface area contributed by atoms with Gasteiger partial charge in [-0.2, -0.15) is 0 Å². The first-order valence-corrected chi connectivity index (χ1v) is 12.0. The molecule has 3 rings (SSSR count). The quantitative estimate of drug-likeness (QED) is 0.448. The molecule has 0 fully saturated rings. The predicted molar refractivity (Wildman–Crippen MR) is 127 cm³/mol. The lowest BCUT2D eigenvalue weighted by Crippen LogP contribution is -2.33. The number of rotatable bonds is 10. The molecule has 174 valence electrons. The standard InChI is InChI=1S/C24H25ClN2O5S/c1-31-20-11-7-17(8-12-20)22(27-33(29,30)21-13-9-19(25)10-14-21)15-24(28)26-16-18-5-3-4-6-23(18)32-2/h3-14,22,27H,15-16H2,1-2H3,(H,26,28)/t22-/m0/s1. The summed E-state index contributed by atoms with van der Waals surface area (Å²) in [5.74, 6) is 0.965. The van der Waals surface area contributed by atoms with Gasteiger partial charge < -0.3 is 14.8 Å². The highest BCUT2D eigenvalue weighted by Gasteiger charge is 2.24. The fraction of sp³-hybridized carbons (Fsp3) is 0.208. The highest BCUT2D eigenvalue weighted by atomic mass is 35.5. The molecule has 0 aliphatic heterocycles. The van der Waals surface area contributed by atoms with E-state index in [1.54, 1.807) is 38.5 Å². The van der Waals surface area contributed by atoms with E-state index in [1.165, 1.54) is 24.3 Å². The van der Waals surface area contributed by atoms with Crippen molar-refractivity contribution in [3.8, 4) is 11.5 Å². The van der Waals surface area contributed by atoms with E-state index >= 15 is 0 Å². The molecular formula is C24H25ClN2O5S. The third-order valence-corrected chi connectivity index (χ3v) is 6.74. The zero-order valence-corrected chi connectivity index (χ0v) is 19.8. The minimum absolute atomic E-state index is 0.0554. The number of sulfonamides is 1. The van der Waals surface area contributed by atoms with Crippen molar-refractivity contribution in [1.82, 2.24) is 10.0 Å². The molecule has 3 aromatic rings. The Labute approximate surface area is 198 Å². The van der Waals surface area contributed by atoms with Gasteiger partial charge in [0.25, 0.3) is 0 Å². The Hall–Kier alpha value is -3.07. The van der Waals surface area contributed by atoms with Gasteiger partial charge in [-0.15, -0.1) is 0 Å². The van der Waals surface area contributed by atoms with Crippen molar-refractivity contribution in [1.29, 1.82) is 0 Å². The van der Waals surface area contributed by atoms with Crippen LogP contribution < -0.4 is 19.5 Å². The van der Waals surface area contributed by atoms with Crippen LogP contribution in [0.2, 0.25) is 5.02 Å². The average Bonchev–Trinajstić information content (AvgIpc) is 2.82. The monoisotopic (exact) mass is 488 g/mol. The second kappa shape index (κ2) is 11.2. The summed E-state index contributed by atoms with van der Waals surface area (Å²) in [6, 6.07) is 19.3. The first-order valence-electron chi connectivity index (χ1n) is 10.1. The minimum Gasteiger partial charge on any atom is -0.497 e. The topological polar surface area (TPSA) is 93.7 Å². The van der Waals surface area contributed by atoms with Crippen molar-refractivity contribution in [2.24, 2.45) is 0 Å². The Bertz CT molecular complexity index is 1180. The van der Waals surface area contributed by atoms with E-state index in [4.69, 9.17) is 21.1 Å². The maximum atomic E-state index is 13.0. The molecule has 9 heteroatoms. The van der Waals surface area contributed by atoms with E-state index in [2.05, 4.69) is 10.0 Å². The molecule has 2 N–H and O–H groups in total. The van der Waals surface area contributed by atoms with E-state index < -0.39 is 16.1 Å². The van der Waals surface area contributed by atoms with Crippen molar-refractivity contribution >= 4 is 27.5 Å². The summed E-state index contributed by atoms with van der Waals surface area (Å²) in [5, 5.41) is 3.26. The van der Waals surface area contributed by atoms with Crippen molar-refractivity contribution in [2.75, 3.05) is 14.2 Å². The molecule has 0 spiro atoms. The summed E-state index contributed by atoms with van der Waals surface area (Å²) < 4.78 is 39.1. The van der Waals surface area contributed by atoms with E-state index in [0.29, 0.717) is 22.1 Å². The van der Waals surface area contributed by atoms with Crippen LogP contribution in [-0.4, -0.2) is 28.5 Å². The molecule has 0 radical (unpaired) electrons. The maximum absolute atomic E-state index is 13.0. The Morgan fingerprint density at radius 3 is 2.24 bits per heavy atom. The lowest BCUT2D eigenvalue weighted by Gasteiger charge is -2.20. The lowest BCUT2D eigenvalue weighted by molar-refractivity contribution is -0.121. The number of carbonyl (C=O) groups is 1. The SMILES string of the molecule is COc1ccc([C@H](CC(=O)NCc2ccccc2OC)NS(=O)(=O)c2ccc(Cl)cc2)cc1. The van der Waals surface area contributed by atoms with Crippen molar-refractivity contribution in [3.63, 3.8) is 0 Å². The Kier molecular flexibility index (Phi) is 8.32. The molecule has 7 nitrogen and oxygen atoms in total. The molecule has 0 saturated heterocycles. The number of carbonyl (C=O) groups excluding carboxylic acids is 1. The molecule has 1 amide bonds. The smallest absolute Gasteiger partial charge is 0.241 e. The van der Waals surface area contributed by atoms with Crippen molar-refractivity contribution < 1.29 is 22.7 Å². The summed E-state index contributed by atoms with van der Waals surface area (Å²) in [4.78, 5) is 12.8. The van der Waals surface area contributed by atoms with Gasteiger partial charge >= 0.3 is 0 Å². The van der Waals surface area contributed by atoms with Crippen LogP contribution in [0.4, 0.5) is 0 Å². The van der Waals surface area contributed by atoms with E-state index in [1.807, 2.05) is 24.3 Å². The van der Waals surface area contributed by atoms with Crippen LogP contribution in [0.5, 0.6) is 11.5 Å². The number of benzene rings is 3. The first kappa shape index (κ1) is 24.6. The highest BCUT2D eigenvalue weighted by molar-refractivity contribution is 7.89. The molecule has 0 aromatic heterocycles. The van der Waals surface area contributed by atoms with Gasteiger partial charge in [0, 0.05) is 23.6 Å². The van der Waals surface area contributed by atoms with Crippen LogP contribution in [0, 0.1) is 0 Å². The lowest BCUT2D eigenvalue weighted by atomic mass is 10.0. The van der Waals surface area contributed by atoms with Crippen LogP contribution in [-0.2, 0) is 21.4 Å². The first-order chi connectivity index (χ1) is 15.8. The summed E-state index contributed by atoms with van der Waals surface area (Å²) >= 11 is 5.88. The number of methoxy groups -OCH3 is 2. The molecule has 0 saturated carbocycles. The second-order valence-electron chi connectivity index (χ2n) is 7.19. The zero-order chi connectivity index (χ0) is 23.8. The number of hydrogen-bond acceptors (Lipinski definition) is 5. The largest absolute Gasteiger partial charge is 0.497 e. The molecule has 0 aliphatic carbocycles. The average molecular weight is 489 g/mol. The second-order valence-corrected chi connectivity index (χ2v) is 9.34. The van der Waals surface area contributed by atoms with Gasteiger partial charge in [-0.05, 0) is 48.0 Å². The summed E-state index contributed by atoms with van der Waals surface area (Å²) in [7, 11) is -0.799. The summed E-state index contributed by atoms with van der Waals surface area (Å²) in [6.45, 7) is 0.252. The number of amides is 1. The molecule has 0 heterocycles. The minimum atomic E-state index is -3.90. The van der Waals surface area contributed by atoms with E-state index in [-0.39, 0.29) is 23.8 Å². The normalized spacial score (nSPS) is 12.1. The van der Waals surface area contributed by atoms with Crippen LogP contribution in [0.15, 0.2) is 77.7 Å². The number of nitrogens with one attached hydrogen (secondary N) is 2. The Balaban J connectivity index is 1.79. The van der Waals surface area contributed by atoms with E-state index in [9.17, 15) is 13.2 Å². The number of para-hydroxylation sites is 1. The number of halogens is 1. The molecule has 0 aliphatic rings. The van der Waals surface area contributed by atoms with Gasteiger partial charge in [-0.25, -0.2) is 13.1 Å². The molecule has 3 aromatic carbocycles. The predicted octanol–water partition coefficient (Wildman–Crippen LogP) is 4.08. The third-order valence-electron chi connectivity index (χ3n) is 5.00. The highest BCUT2D eigenvalue weighted by Crippen LogP contribution is 2.24. The Morgan fingerprint density at radius 1 is 0.939 bits per heavy atom. The number of ether oxygens (including phenoxy) is 2. The molecule has 0 unspecified atom stereocenters. The molecular weight excluding hydrogens is 464 g/mol. The molecule has 1 atom stereocenters. The fourth-order valence-corrected chi connectivity index (χ4v) is 4.58. The summed E-state index contributed by atoms with van der Waals surface area (Å²) in [6.07, 6.45) is -0.103. The Morgan fingerprint density at radius 2 is 1.61 bits per heavy atom.